The Kier molecular flexibility index (Phi) is 4.88. The normalized spacial score (nSPS) is 17.5. The van der Waals surface area contributed by atoms with Crippen molar-refractivity contribution >= 4 is 11.9 Å². The second-order valence-corrected chi connectivity index (χ2v) is 5.75. The summed E-state index contributed by atoms with van der Waals surface area (Å²) in [4.78, 5) is 30.3. The van der Waals surface area contributed by atoms with Crippen molar-refractivity contribution in [1.29, 1.82) is 0 Å². The Balaban J connectivity index is 1.70. The van der Waals surface area contributed by atoms with Crippen LogP contribution in [0.3, 0.4) is 0 Å². The van der Waals surface area contributed by atoms with Crippen molar-refractivity contribution in [3.8, 4) is 11.4 Å². The minimum absolute atomic E-state index is 0.0628. The molecule has 1 aromatic carbocycles. The van der Waals surface area contributed by atoms with Crippen LogP contribution in [0.1, 0.15) is 19.3 Å². The Morgan fingerprint density at radius 2 is 2.04 bits per heavy atom. The van der Waals surface area contributed by atoms with Crippen LogP contribution in [0.25, 0.3) is 11.4 Å². The van der Waals surface area contributed by atoms with Crippen LogP contribution >= 0.6 is 0 Å². The molecule has 0 radical (unpaired) electrons. The molecular formula is C17H20N4O3. The van der Waals surface area contributed by atoms with E-state index in [4.69, 9.17) is 4.74 Å². The quantitative estimate of drug-likeness (QED) is 0.795. The smallest absolute Gasteiger partial charge is 0.328 e. The highest BCUT2D eigenvalue weighted by molar-refractivity contribution is 5.84. The van der Waals surface area contributed by atoms with E-state index in [1.54, 1.807) is 4.90 Å². The summed E-state index contributed by atoms with van der Waals surface area (Å²) in [5, 5.41) is 4.35. The van der Waals surface area contributed by atoms with Crippen molar-refractivity contribution in [2.45, 2.75) is 31.8 Å². The van der Waals surface area contributed by atoms with E-state index in [2.05, 4.69) is 10.1 Å². The van der Waals surface area contributed by atoms with Crippen LogP contribution in [0.5, 0.6) is 0 Å². The number of likely N-dealkylation sites (tertiary alicyclic amines) is 1. The molecule has 0 N–H and O–H groups in total. The number of esters is 1. The number of rotatable bonds is 4. The fourth-order valence-corrected chi connectivity index (χ4v) is 2.93. The van der Waals surface area contributed by atoms with Gasteiger partial charge in [-0.3, -0.25) is 4.79 Å². The maximum atomic E-state index is 12.6. The molecule has 0 spiro atoms. The van der Waals surface area contributed by atoms with Gasteiger partial charge in [-0.05, 0) is 19.3 Å². The number of nitrogens with zero attached hydrogens (tertiary/aromatic N) is 4. The van der Waals surface area contributed by atoms with E-state index in [0.29, 0.717) is 18.8 Å². The molecule has 2 aromatic rings. The van der Waals surface area contributed by atoms with Gasteiger partial charge in [-0.1, -0.05) is 30.3 Å². The van der Waals surface area contributed by atoms with Gasteiger partial charge in [-0.25, -0.2) is 14.5 Å². The van der Waals surface area contributed by atoms with Gasteiger partial charge in [0.05, 0.1) is 7.11 Å². The van der Waals surface area contributed by atoms with E-state index < -0.39 is 6.04 Å². The molecule has 1 aliphatic heterocycles. The van der Waals surface area contributed by atoms with Crippen molar-refractivity contribution < 1.29 is 14.3 Å². The highest BCUT2D eigenvalue weighted by atomic mass is 16.5. The van der Waals surface area contributed by atoms with Crippen molar-refractivity contribution in [1.82, 2.24) is 19.7 Å². The van der Waals surface area contributed by atoms with Crippen LogP contribution in [-0.4, -0.2) is 51.2 Å². The summed E-state index contributed by atoms with van der Waals surface area (Å²) in [5.74, 6) is 0.0767. The minimum Gasteiger partial charge on any atom is -0.467 e. The van der Waals surface area contributed by atoms with Crippen LogP contribution < -0.4 is 0 Å². The molecule has 0 unspecified atom stereocenters. The Hall–Kier alpha value is -2.70. The summed E-state index contributed by atoms with van der Waals surface area (Å²) in [6, 6.07) is 9.09. The van der Waals surface area contributed by atoms with Gasteiger partial charge in [0.15, 0.2) is 5.82 Å². The third-order valence-electron chi connectivity index (χ3n) is 4.16. The zero-order chi connectivity index (χ0) is 16.9. The monoisotopic (exact) mass is 328 g/mol. The molecule has 24 heavy (non-hydrogen) atoms. The third-order valence-corrected chi connectivity index (χ3v) is 4.16. The summed E-state index contributed by atoms with van der Waals surface area (Å²) in [7, 11) is 1.35. The predicted octanol–water partition coefficient (Wildman–Crippen LogP) is 1.50. The molecule has 1 atom stereocenters. The fraction of sp³-hybridized carbons (Fsp3) is 0.412. The van der Waals surface area contributed by atoms with Crippen molar-refractivity contribution in [3.05, 3.63) is 36.7 Å². The number of ether oxygens (including phenoxy) is 1. The Bertz CT molecular complexity index is 714. The maximum absolute atomic E-state index is 12.6. The molecular weight excluding hydrogens is 308 g/mol. The van der Waals surface area contributed by atoms with Gasteiger partial charge in [0.2, 0.25) is 5.91 Å². The highest BCUT2D eigenvalue weighted by Crippen LogP contribution is 2.19. The molecule has 7 nitrogen and oxygen atoms in total. The van der Waals surface area contributed by atoms with E-state index in [9.17, 15) is 9.59 Å². The number of hydrogen-bond donors (Lipinski definition) is 0. The second-order valence-electron chi connectivity index (χ2n) is 5.75. The lowest BCUT2D eigenvalue weighted by atomic mass is 10.0. The van der Waals surface area contributed by atoms with Gasteiger partial charge in [0.1, 0.15) is 18.9 Å². The van der Waals surface area contributed by atoms with Gasteiger partial charge in [-0.15, -0.1) is 0 Å². The first kappa shape index (κ1) is 16.2. The number of amides is 1. The van der Waals surface area contributed by atoms with Gasteiger partial charge in [0, 0.05) is 12.1 Å². The van der Waals surface area contributed by atoms with E-state index >= 15 is 0 Å². The first-order valence-corrected chi connectivity index (χ1v) is 8.01. The minimum atomic E-state index is -0.492. The van der Waals surface area contributed by atoms with E-state index in [0.717, 1.165) is 18.4 Å². The molecule has 0 aliphatic carbocycles. The molecule has 2 heterocycles. The third kappa shape index (κ3) is 3.45. The largest absolute Gasteiger partial charge is 0.467 e. The van der Waals surface area contributed by atoms with Crippen molar-refractivity contribution in [3.63, 3.8) is 0 Å². The van der Waals surface area contributed by atoms with E-state index in [1.165, 1.54) is 18.1 Å². The lowest BCUT2D eigenvalue weighted by molar-refractivity contribution is -0.155. The molecule has 0 saturated carbocycles. The molecule has 1 aliphatic rings. The standard InChI is InChI=1S/C17H20N4O3/c1-24-17(23)14-9-5-6-10-21(14)15(22)11-20-12-18-16(19-20)13-7-3-2-4-8-13/h2-4,7-8,12,14H,5-6,9-11H2,1H3/t14-/m1/s1. The van der Waals surface area contributed by atoms with Gasteiger partial charge >= 0.3 is 5.97 Å². The molecule has 1 saturated heterocycles. The van der Waals surface area contributed by atoms with Gasteiger partial charge in [-0.2, -0.15) is 5.10 Å². The fourth-order valence-electron chi connectivity index (χ4n) is 2.93. The summed E-state index contributed by atoms with van der Waals surface area (Å²) in [5.41, 5.74) is 0.897. The first-order chi connectivity index (χ1) is 11.7. The Morgan fingerprint density at radius 3 is 2.79 bits per heavy atom. The number of hydrogen-bond acceptors (Lipinski definition) is 5. The summed E-state index contributed by atoms with van der Waals surface area (Å²) in [6.07, 6.45) is 4.00. The van der Waals surface area contributed by atoms with Gasteiger partial charge in [0.25, 0.3) is 0 Å². The molecule has 7 heteroatoms. The summed E-state index contributed by atoms with van der Waals surface area (Å²) in [6.45, 7) is 0.631. The molecule has 1 fully saturated rings. The summed E-state index contributed by atoms with van der Waals surface area (Å²) >= 11 is 0. The number of carbonyl (C=O) groups is 2. The van der Waals surface area contributed by atoms with Crippen LogP contribution in [0.4, 0.5) is 0 Å². The number of aromatic nitrogens is 3. The van der Waals surface area contributed by atoms with Crippen LogP contribution in [0.2, 0.25) is 0 Å². The van der Waals surface area contributed by atoms with Gasteiger partial charge < -0.3 is 9.64 Å². The van der Waals surface area contributed by atoms with Crippen LogP contribution in [-0.2, 0) is 20.9 Å². The number of carbonyl (C=O) groups excluding carboxylic acids is 2. The molecule has 1 amide bonds. The lowest BCUT2D eigenvalue weighted by Gasteiger charge is -2.33. The van der Waals surface area contributed by atoms with Crippen LogP contribution in [0, 0.1) is 0 Å². The summed E-state index contributed by atoms with van der Waals surface area (Å²) < 4.78 is 6.32. The van der Waals surface area contributed by atoms with E-state index in [-0.39, 0.29) is 18.4 Å². The maximum Gasteiger partial charge on any atom is 0.328 e. The average Bonchev–Trinajstić information content (AvgIpc) is 3.10. The van der Waals surface area contributed by atoms with Crippen LogP contribution in [0.15, 0.2) is 36.7 Å². The topological polar surface area (TPSA) is 77.3 Å². The van der Waals surface area contributed by atoms with Crippen molar-refractivity contribution in [2.75, 3.05) is 13.7 Å². The molecule has 126 valence electrons. The average molecular weight is 328 g/mol. The second kappa shape index (κ2) is 7.25. The number of methoxy groups -OCH3 is 1. The Labute approximate surface area is 140 Å². The zero-order valence-electron chi connectivity index (χ0n) is 13.6. The number of piperidine rings is 1. The van der Waals surface area contributed by atoms with Crippen molar-refractivity contribution in [2.24, 2.45) is 0 Å². The predicted molar refractivity (Wildman–Crippen MR) is 86.8 cm³/mol. The highest BCUT2D eigenvalue weighted by Gasteiger charge is 2.32. The molecule has 3 rings (SSSR count). The zero-order valence-corrected chi connectivity index (χ0v) is 13.6. The molecule has 0 bridgehead atoms. The molecule has 1 aromatic heterocycles. The Morgan fingerprint density at radius 1 is 1.25 bits per heavy atom. The number of benzene rings is 1. The SMILES string of the molecule is COC(=O)[C@H]1CCCCN1C(=O)Cn1cnc(-c2ccccc2)n1. The lowest BCUT2D eigenvalue weighted by Crippen LogP contribution is -2.49. The first-order valence-electron chi connectivity index (χ1n) is 8.01. The van der Waals surface area contributed by atoms with E-state index in [1.807, 2.05) is 30.3 Å².